The van der Waals surface area contributed by atoms with Crippen LogP contribution in [0.5, 0.6) is 0 Å². The summed E-state index contributed by atoms with van der Waals surface area (Å²) in [6.07, 6.45) is 7.87. The lowest BCUT2D eigenvalue weighted by Gasteiger charge is -2.34. The second-order valence-corrected chi connectivity index (χ2v) is 8.08. The topological polar surface area (TPSA) is 49.3 Å². The van der Waals surface area contributed by atoms with Crippen LogP contribution < -0.4 is 0 Å². The second-order valence-electron chi connectivity index (χ2n) is 7.08. The summed E-state index contributed by atoms with van der Waals surface area (Å²) in [5, 5.41) is 0.851. The van der Waals surface area contributed by atoms with Gasteiger partial charge in [0.25, 0.3) is 5.91 Å². The Morgan fingerprint density at radius 1 is 1.10 bits per heavy atom. The molecule has 0 aliphatic carbocycles. The van der Waals surface area contributed by atoms with Crippen LogP contribution >= 0.6 is 11.3 Å². The molecule has 6 heteroatoms. The summed E-state index contributed by atoms with van der Waals surface area (Å²) in [6, 6.07) is 14.2. The van der Waals surface area contributed by atoms with Crippen molar-refractivity contribution in [3.8, 4) is 10.6 Å². The van der Waals surface area contributed by atoms with Crippen LogP contribution in [0.25, 0.3) is 16.6 Å². The number of pyridine rings is 1. The van der Waals surface area contributed by atoms with Crippen molar-refractivity contribution in [1.82, 2.24) is 19.8 Å². The van der Waals surface area contributed by atoms with Gasteiger partial charge in [-0.25, -0.2) is 4.98 Å². The average Bonchev–Trinajstić information content (AvgIpc) is 3.17. The van der Waals surface area contributed by atoms with E-state index in [9.17, 15) is 4.79 Å². The lowest BCUT2D eigenvalue weighted by molar-refractivity contribution is 0.0654. The maximum absolute atomic E-state index is 13.0. The van der Waals surface area contributed by atoms with Crippen LogP contribution in [0.2, 0.25) is 0 Å². The molecule has 1 amide bonds. The summed E-state index contributed by atoms with van der Waals surface area (Å²) in [4.78, 5) is 26.8. The molecule has 4 rings (SSSR count). The van der Waals surface area contributed by atoms with Crippen LogP contribution in [0.1, 0.15) is 20.9 Å². The third-order valence-electron chi connectivity index (χ3n) is 5.03. The van der Waals surface area contributed by atoms with E-state index in [0.717, 1.165) is 53.9 Å². The molecule has 0 unspecified atom stereocenters. The van der Waals surface area contributed by atoms with Gasteiger partial charge in [-0.3, -0.25) is 14.7 Å². The van der Waals surface area contributed by atoms with Crippen LogP contribution in [0.3, 0.4) is 0 Å². The average molecular weight is 405 g/mol. The number of aromatic nitrogens is 2. The number of aryl methyl sites for hydroxylation is 1. The van der Waals surface area contributed by atoms with Gasteiger partial charge in [-0.1, -0.05) is 42.5 Å². The highest BCUT2D eigenvalue weighted by Crippen LogP contribution is 2.28. The number of hydrogen-bond donors (Lipinski definition) is 0. The molecular weight excluding hydrogens is 380 g/mol. The minimum atomic E-state index is 0.0922. The van der Waals surface area contributed by atoms with Gasteiger partial charge in [0.15, 0.2) is 0 Å². The maximum atomic E-state index is 13.0. The van der Waals surface area contributed by atoms with E-state index in [-0.39, 0.29) is 5.91 Å². The Hall–Kier alpha value is -2.83. The molecule has 0 N–H and O–H groups in total. The number of nitrogens with zero attached hydrogens (tertiary/aromatic N) is 4. The zero-order valence-corrected chi connectivity index (χ0v) is 17.3. The summed E-state index contributed by atoms with van der Waals surface area (Å²) in [7, 11) is 0. The van der Waals surface area contributed by atoms with E-state index in [2.05, 4.69) is 39.2 Å². The maximum Gasteiger partial charge on any atom is 0.265 e. The summed E-state index contributed by atoms with van der Waals surface area (Å²) in [6.45, 7) is 6.08. The van der Waals surface area contributed by atoms with Crippen LogP contribution in [0, 0.1) is 6.92 Å². The molecule has 3 aromatic rings. The van der Waals surface area contributed by atoms with Gasteiger partial charge in [0, 0.05) is 50.7 Å². The van der Waals surface area contributed by atoms with Crippen LogP contribution in [-0.2, 0) is 0 Å². The number of benzene rings is 1. The van der Waals surface area contributed by atoms with Crippen molar-refractivity contribution in [3.63, 3.8) is 0 Å². The number of rotatable bonds is 5. The van der Waals surface area contributed by atoms with Crippen molar-refractivity contribution >= 4 is 23.3 Å². The molecule has 0 spiro atoms. The monoisotopic (exact) mass is 404 g/mol. The quantitative estimate of drug-likeness (QED) is 0.645. The highest BCUT2D eigenvalue weighted by atomic mass is 32.1. The van der Waals surface area contributed by atoms with Crippen LogP contribution in [-0.4, -0.2) is 58.4 Å². The first kappa shape index (κ1) is 19.5. The molecule has 0 saturated carbocycles. The lowest BCUT2D eigenvalue weighted by atomic mass is 10.2. The van der Waals surface area contributed by atoms with E-state index < -0.39 is 0 Å². The molecule has 0 radical (unpaired) electrons. The third-order valence-corrected chi connectivity index (χ3v) is 6.23. The second kappa shape index (κ2) is 9.11. The zero-order chi connectivity index (χ0) is 20.1. The van der Waals surface area contributed by atoms with Crippen molar-refractivity contribution in [1.29, 1.82) is 0 Å². The standard InChI is InChI=1S/C23H24N4OS/c1-18-21(29-22(25-18)20-10-5-11-24-17-20)23(28)27-15-13-26(14-16-27)12-6-9-19-7-3-2-4-8-19/h2-11,17H,12-16H2,1H3/b9-6+. The number of amides is 1. The normalized spacial score (nSPS) is 15.1. The number of carbonyl (C=O) groups is 1. The molecule has 2 aromatic heterocycles. The predicted molar refractivity (Wildman–Crippen MR) is 118 cm³/mol. The van der Waals surface area contributed by atoms with E-state index >= 15 is 0 Å². The van der Waals surface area contributed by atoms with E-state index in [1.807, 2.05) is 42.2 Å². The van der Waals surface area contributed by atoms with E-state index in [1.165, 1.54) is 16.9 Å². The molecular formula is C23H24N4OS. The molecule has 1 saturated heterocycles. The Bertz CT molecular complexity index is 977. The van der Waals surface area contributed by atoms with Crippen molar-refractivity contribution in [2.45, 2.75) is 6.92 Å². The summed E-state index contributed by atoms with van der Waals surface area (Å²) in [5.74, 6) is 0.0922. The first-order valence-corrected chi connectivity index (χ1v) is 10.6. The summed E-state index contributed by atoms with van der Waals surface area (Å²) >= 11 is 1.46. The zero-order valence-electron chi connectivity index (χ0n) is 16.5. The van der Waals surface area contributed by atoms with Crippen LogP contribution in [0.4, 0.5) is 0 Å². The molecule has 0 bridgehead atoms. The first-order chi connectivity index (χ1) is 14.2. The molecule has 1 aliphatic heterocycles. The molecule has 1 aliphatic rings. The van der Waals surface area contributed by atoms with E-state index in [4.69, 9.17) is 0 Å². The molecule has 0 atom stereocenters. The fraction of sp³-hybridized carbons (Fsp3) is 0.261. The predicted octanol–water partition coefficient (Wildman–Crippen LogP) is 3.98. The molecule has 148 valence electrons. The van der Waals surface area contributed by atoms with Gasteiger partial charge in [0.1, 0.15) is 9.88 Å². The highest BCUT2D eigenvalue weighted by Gasteiger charge is 2.25. The van der Waals surface area contributed by atoms with E-state index in [0.29, 0.717) is 0 Å². The minimum absolute atomic E-state index is 0.0922. The van der Waals surface area contributed by atoms with Gasteiger partial charge in [-0.2, -0.15) is 0 Å². The van der Waals surface area contributed by atoms with Crippen molar-refractivity contribution < 1.29 is 4.79 Å². The van der Waals surface area contributed by atoms with Gasteiger partial charge in [0.05, 0.1) is 5.69 Å². The molecule has 29 heavy (non-hydrogen) atoms. The van der Waals surface area contributed by atoms with Crippen molar-refractivity contribution in [2.24, 2.45) is 0 Å². The first-order valence-electron chi connectivity index (χ1n) is 9.82. The number of piperazine rings is 1. The fourth-order valence-corrected chi connectivity index (χ4v) is 4.41. The molecule has 5 nitrogen and oxygen atoms in total. The fourth-order valence-electron chi connectivity index (χ4n) is 3.39. The van der Waals surface area contributed by atoms with Gasteiger partial charge in [-0.05, 0) is 24.6 Å². The highest BCUT2D eigenvalue weighted by molar-refractivity contribution is 7.17. The smallest absolute Gasteiger partial charge is 0.265 e. The Kier molecular flexibility index (Phi) is 6.12. The van der Waals surface area contributed by atoms with Gasteiger partial charge < -0.3 is 4.90 Å². The largest absolute Gasteiger partial charge is 0.335 e. The summed E-state index contributed by atoms with van der Waals surface area (Å²) < 4.78 is 0. The van der Waals surface area contributed by atoms with Crippen LogP contribution in [0.15, 0.2) is 60.9 Å². The van der Waals surface area contributed by atoms with E-state index in [1.54, 1.807) is 12.4 Å². The number of carbonyl (C=O) groups excluding carboxylic acids is 1. The molecule has 3 heterocycles. The minimum Gasteiger partial charge on any atom is -0.335 e. The van der Waals surface area contributed by atoms with Gasteiger partial charge in [-0.15, -0.1) is 11.3 Å². The Morgan fingerprint density at radius 3 is 2.62 bits per heavy atom. The van der Waals surface area contributed by atoms with Crippen molar-refractivity contribution in [3.05, 3.63) is 77.1 Å². The SMILES string of the molecule is Cc1nc(-c2cccnc2)sc1C(=O)N1CCN(C/C=C/c2ccccc2)CC1. The molecule has 1 fully saturated rings. The van der Waals surface area contributed by atoms with Gasteiger partial charge >= 0.3 is 0 Å². The third kappa shape index (κ3) is 4.78. The number of thiazole rings is 1. The van der Waals surface area contributed by atoms with Gasteiger partial charge in [0.2, 0.25) is 0 Å². The Labute approximate surface area is 175 Å². The number of hydrogen-bond acceptors (Lipinski definition) is 5. The lowest BCUT2D eigenvalue weighted by Crippen LogP contribution is -2.48. The Balaban J connectivity index is 1.33. The molecule has 1 aromatic carbocycles. The summed E-state index contributed by atoms with van der Waals surface area (Å²) in [5.41, 5.74) is 2.97. The Morgan fingerprint density at radius 2 is 1.90 bits per heavy atom. The van der Waals surface area contributed by atoms with Crippen molar-refractivity contribution in [2.75, 3.05) is 32.7 Å².